The van der Waals surface area contributed by atoms with Gasteiger partial charge in [0.25, 0.3) is 0 Å². The molecule has 1 aliphatic rings. The van der Waals surface area contributed by atoms with Crippen molar-refractivity contribution in [1.82, 2.24) is 10.6 Å². The van der Waals surface area contributed by atoms with E-state index in [1.54, 1.807) is 0 Å². The summed E-state index contributed by atoms with van der Waals surface area (Å²) in [4.78, 5) is 24.1. The van der Waals surface area contributed by atoms with Gasteiger partial charge in [0.15, 0.2) is 0 Å². The molecule has 4 amide bonds. The molecule has 6 nitrogen and oxygen atoms in total. The Bertz CT molecular complexity index is 756. The van der Waals surface area contributed by atoms with E-state index in [1.807, 2.05) is 61.5 Å². The lowest BCUT2D eigenvalue weighted by Gasteiger charge is -2.18. The maximum atomic E-state index is 12.1. The Morgan fingerprint density at radius 3 is 2.07 bits per heavy atom. The number of benzene rings is 2. The number of amides is 4. The SMILES string of the molecule is CC(NC(=O)NC1CCCC1)c1ccc(NC(=O)Nc2ccccc2)cc1. The zero-order chi connectivity index (χ0) is 19.1. The van der Waals surface area contributed by atoms with Crippen molar-refractivity contribution < 1.29 is 9.59 Å². The Balaban J connectivity index is 1.48. The molecule has 1 atom stereocenters. The van der Waals surface area contributed by atoms with Gasteiger partial charge in [-0.15, -0.1) is 0 Å². The molecule has 3 rings (SSSR count). The molecule has 1 fully saturated rings. The highest BCUT2D eigenvalue weighted by Gasteiger charge is 2.18. The molecule has 0 saturated heterocycles. The smallest absolute Gasteiger partial charge is 0.323 e. The second kappa shape index (κ2) is 9.07. The van der Waals surface area contributed by atoms with Gasteiger partial charge < -0.3 is 21.3 Å². The summed E-state index contributed by atoms with van der Waals surface area (Å²) in [6.45, 7) is 1.94. The van der Waals surface area contributed by atoms with E-state index >= 15 is 0 Å². The van der Waals surface area contributed by atoms with Crippen LogP contribution in [-0.4, -0.2) is 18.1 Å². The molecule has 6 heteroatoms. The fraction of sp³-hybridized carbons (Fsp3) is 0.333. The van der Waals surface area contributed by atoms with E-state index in [-0.39, 0.29) is 18.1 Å². The number of carbonyl (C=O) groups excluding carboxylic acids is 2. The monoisotopic (exact) mass is 366 g/mol. The predicted octanol–water partition coefficient (Wildman–Crippen LogP) is 4.63. The Kier molecular flexibility index (Phi) is 6.30. The molecule has 1 unspecified atom stereocenters. The summed E-state index contributed by atoms with van der Waals surface area (Å²) in [7, 11) is 0. The number of para-hydroxylation sites is 1. The first-order chi connectivity index (χ1) is 13.1. The van der Waals surface area contributed by atoms with Crippen molar-refractivity contribution in [2.75, 3.05) is 10.6 Å². The molecule has 1 aliphatic carbocycles. The van der Waals surface area contributed by atoms with Crippen LogP contribution in [0.2, 0.25) is 0 Å². The van der Waals surface area contributed by atoms with Crippen molar-refractivity contribution in [2.45, 2.75) is 44.7 Å². The molecule has 4 N–H and O–H groups in total. The van der Waals surface area contributed by atoms with Gasteiger partial charge in [0.05, 0.1) is 6.04 Å². The van der Waals surface area contributed by atoms with Gasteiger partial charge in [0.1, 0.15) is 0 Å². The molecule has 0 aliphatic heterocycles. The molecule has 0 aromatic heterocycles. The number of urea groups is 2. The Hall–Kier alpha value is -3.02. The van der Waals surface area contributed by atoms with Crippen LogP contribution in [0.15, 0.2) is 54.6 Å². The van der Waals surface area contributed by atoms with E-state index in [2.05, 4.69) is 21.3 Å². The van der Waals surface area contributed by atoms with Crippen LogP contribution in [0.1, 0.15) is 44.2 Å². The van der Waals surface area contributed by atoms with E-state index < -0.39 is 0 Å². The second-order valence-corrected chi connectivity index (χ2v) is 6.89. The quantitative estimate of drug-likeness (QED) is 0.622. The van der Waals surface area contributed by atoms with Gasteiger partial charge in [0.2, 0.25) is 0 Å². The molecule has 2 aromatic rings. The number of hydrogen-bond donors (Lipinski definition) is 4. The normalized spacial score (nSPS) is 15.0. The highest BCUT2D eigenvalue weighted by Crippen LogP contribution is 2.19. The standard InChI is InChI=1S/C21H26N4O2/c1-15(22-20(26)23-18-9-5-6-10-18)16-11-13-19(14-12-16)25-21(27)24-17-7-3-2-4-8-17/h2-4,7-8,11-15,18H,5-6,9-10H2,1H3,(H2,22,23,26)(H2,24,25,27). The topological polar surface area (TPSA) is 82.3 Å². The number of rotatable bonds is 5. The maximum Gasteiger partial charge on any atom is 0.323 e. The van der Waals surface area contributed by atoms with Crippen LogP contribution in [0.25, 0.3) is 0 Å². The summed E-state index contributed by atoms with van der Waals surface area (Å²) in [5.74, 6) is 0. The van der Waals surface area contributed by atoms with E-state index in [0.717, 1.165) is 24.1 Å². The second-order valence-electron chi connectivity index (χ2n) is 6.89. The van der Waals surface area contributed by atoms with E-state index in [9.17, 15) is 9.59 Å². The number of carbonyl (C=O) groups is 2. The maximum absolute atomic E-state index is 12.1. The molecule has 0 radical (unpaired) electrons. The molecule has 1 saturated carbocycles. The first-order valence-corrected chi connectivity index (χ1v) is 9.40. The summed E-state index contributed by atoms with van der Waals surface area (Å²) in [6, 6.07) is 16.5. The minimum atomic E-state index is -0.295. The summed E-state index contributed by atoms with van der Waals surface area (Å²) in [6.07, 6.45) is 4.50. The molecule has 2 aromatic carbocycles. The summed E-state index contributed by atoms with van der Waals surface area (Å²) < 4.78 is 0. The van der Waals surface area contributed by atoms with Gasteiger partial charge in [-0.3, -0.25) is 0 Å². The molecule has 0 bridgehead atoms. The Morgan fingerprint density at radius 1 is 0.852 bits per heavy atom. The molecular formula is C21H26N4O2. The van der Waals surface area contributed by atoms with Gasteiger partial charge in [-0.05, 0) is 49.6 Å². The molecule has 142 valence electrons. The van der Waals surface area contributed by atoms with Gasteiger partial charge in [0, 0.05) is 17.4 Å². The number of anilines is 2. The van der Waals surface area contributed by atoms with Crippen molar-refractivity contribution in [1.29, 1.82) is 0 Å². The minimum Gasteiger partial charge on any atom is -0.335 e. The third-order valence-electron chi connectivity index (χ3n) is 4.74. The lowest BCUT2D eigenvalue weighted by atomic mass is 10.1. The van der Waals surface area contributed by atoms with Crippen molar-refractivity contribution in [3.63, 3.8) is 0 Å². The van der Waals surface area contributed by atoms with Crippen LogP contribution < -0.4 is 21.3 Å². The Morgan fingerprint density at radius 2 is 1.44 bits per heavy atom. The van der Waals surface area contributed by atoms with Crippen LogP contribution in [0.3, 0.4) is 0 Å². The lowest BCUT2D eigenvalue weighted by molar-refractivity contribution is 0.234. The van der Waals surface area contributed by atoms with Crippen LogP contribution in [0.5, 0.6) is 0 Å². The summed E-state index contributed by atoms with van der Waals surface area (Å²) in [5.41, 5.74) is 2.40. The zero-order valence-corrected chi connectivity index (χ0v) is 15.5. The first kappa shape index (κ1) is 18.8. The summed E-state index contributed by atoms with van der Waals surface area (Å²) in [5, 5.41) is 11.6. The molecule has 0 spiro atoms. The van der Waals surface area contributed by atoms with E-state index in [0.29, 0.717) is 11.7 Å². The molecule has 0 heterocycles. The fourth-order valence-corrected chi connectivity index (χ4v) is 3.25. The third-order valence-corrected chi connectivity index (χ3v) is 4.74. The highest BCUT2D eigenvalue weighted by atomic mass is 16.2. The predicted molar refractivity (Wildman–Crippen MR) is 108 cm³/mol. The average Bonchev–Trinajstić information content (AvgIpc) is 3.15. The third kappa shape index (κ3) is 5.74. The lowest BCUT2D eigenvalue weighted by Crippen LogP contribution is -2.41. The first-order valence-electron chi connectivity index (χ1n) is 9.40. The number of nitrogens with one attached hydrogen (secondary N) is 4. The van der Waals surface area contributed by atoms with Crippen LogP contribution in [0.4, 0.5) is 21.0 Å². The van der Waals surface area contributed by atoms with Gasteiger partial charge in [-0.2, -0.15) is 0 Å². The Labute approximate surface area is 159 Å². The minimum absolute atomic E-state index is 0.112. The molecule has 27 heavy (non-hydrogen) atoms. The average molecular weight is 366 g/mol. The fourth-order valence-electron chi connectivity index (χ4n) is 3.25. The van der Waals surface area contributed by atoms with Crippen molar-refractivity contribution in [2.24, 2.45) is 0 Å². The van der Waals surface area contributed by atoms with Gasteiger partial charge in [-0.25, -0.2) is 9.59 Å². The van der Waals surface area contributed by atoms with Crippen molar-refractivity contribution in [3.05, 3.63) is 60.2 Å². The highest BCUT2D eigenvalue weighted by molar-refractivity contribution is 5.99. The number of hydrogen-bond acceptors (Lipinski definition) is 2. The van der Waals surface area contributed by atoms with Crippen molar-refractivity contribution >= 4 is 23.4 Å². The zero-order valence-electron chi connectivity index (χ0n) is 15.5. The van der Waals surface area contributed by atoms with Gasteiger partial charge >= 0.3 is 12.1 Å². The van der Waals surface area contributed by atoms with Crippen LogP contribution in [-0.2, 0) is 0 Å². The largest absolute Gasteiger partial charge is 0.335 e. The van der Waals surface area contributed by atoms with Crippen molar-refractivity contribution in [3.8, 4) is 0 Å². The molecular weight excluding hydrogens is 340 g/mol. The van der Waals surface area contributed by atoms with E-state index in [4.69, 9.17) is 0 Å². The van der Waals surface area contributed by atoms with E-state index in [1.165, 1.54) is 12.8 Å². The van der Waals surface area contributed by atoms with Crippen LogP contribution in [0, 0.1) is 0 Å². The summed E-state index contributed by atoms with van der Waals surface area (Å²) >= 11 is 0. The van der Waals surface area contributed by atoms with Crippen LogP contribution >= 0.6 is 0 Å². The van der Waals surface area contributed by atoms with Gasteiger partial charge in [-0.1, -0.05) is 43.2 Å².